The number of pyridine rings is 2. The first kappa shape index (κ1) is 12.3. The first-order valence-corrected chi connectivity index (χ1v) is 5.47. The zero-order valence-electron chi connectivity index (χ0n) is 9.21. The number of anilines is 1. The predicted octanol–water partition coefficient (Wildman–Crippen LogP) is 2.65. The summed E-state index contributed by atoms with van der Waals surface area (Å²) in [6.45, 7) is 0.406. The van der Waals surface area contributed by atoms with Crippen molar-refractivity contribution < 1.29 is 4.92 Å². The summed E-state index contributed by atoms with van der Waals surface area (Å²) in [6, 6.07) is 4.92. The number of nitrogens with zero attached hydrogens (tertiary/aromatic N) is 3. The fraction of sp³-hybridized carbons (Fsp3) is 0.0909. The van der Waals surface area contributed by atoms with E-state index in [1.165, 1.54) is 12.3 Å². The second-order valence-electron chi connectivity index (χ2n) is 3.49. The highest BCUT2D eigenvalue weighted by Crippen LogP contribution is 2.25. The number of rotatable bonds is 4. The van der Waals surface area contributed by atoms with Crippen LogP contribution in [0.5, 0.6) is 0 Å². The molecule has 0 aliphatic heterocycles. The molecule has 1 N–H and O–H groups in total. The molecule has 2 aromatic rings. The molecule has 0 aliphatic rings. The summed E-state index contributed by atoms with van der Waals surface area (Å²) in [6.07, 6.45) is 4.70. The second-order valence-corrected chi connectivity index (χ2v) is 3.93. The van der Waals surface area contributed by atoms with Gasteiger partial charge in [0.1, 0.15) is 0 Å². The van der Waals surface area contributed by atoms with Crippen molar-refractivity contribution in [1.29, 1.82) is 0 Å². The predicted molar refractivity (Wildman–Crippen MR) is 67.5 cm³/mol. The lowest BCUT2D eigenvalue weighted by Crippen LogP contribution is -2.04. The number of nitrogens with one attached hydrogen (secondary N) is 1. The summed E-state index contributed by atoms with van der Waals surface area (Å²) < 4.78 is 0. The Labute approximate surface area is 108 Å². The molecule has 0 bridgehead atoms. The molecule has 0 atom stereocenters. The van der Waals surface area contributed by atoms with Crippen LogP contribution in [0.2, 0.25) is 5.02 Å². The van der Waals surface area contributed by atoms with Gasteiger partial charge in [-0.3, -0.25) is 15.1 Å². The van der Waals surface area contributed by atoms with Gasteiger partial charge in [0.2, 0.25) is 5.82 Å². The normalized spacial score (nSPS) is 10.1. The zero-order valence-corrected chi connectivity index (χ0v) is 9.96. The van der Waals surface area contributed by atoms with E-state index in [0.717, 1.165) is 5.56 Å². The molecule has 0 radical (unpaired) electrons. The molecule has 2 heterocycles. The van der Waals surface area contributed by atoms with Crippen LogP contribution in [0.25, 0.3) is 0 Å². The third-order valence-electron chi connectivity index (χ3n) is 2.21. The number of aromatic nitrogens is 2. The summed E-state index contributed by atoms with van der Waals surface area (Å²) in [7, 11) is 0. The number of halogens is 1. The van der Waals surface area contributed by atoms with E-state index in [4.69, 9.17) is 11.6 Å². The van der Waals surface area contributed by atoms with Crippen molar-refractivity contribution in [2.24, 2.45) is 0 Å². The van der Waals surface area contributed by atoms with Crippen molar-refractivity contribution in [1.82, 2.24) is 9.97 Å². The van der Waals surface area contributed by atoms with Crippen molar-refractivity contribution >= 4 is 23.1 Å². The Morgan fingerprint density at radius 2 is 2.28 bits per heavy atom. The van der Waals surface area contributed by atoms with E-state index >= 15 is 0 Å². The lowest BCUT2D eigenvalue weighted by molar-refractivity contribution is -0.384. The highest BCUT2D eigenvalue weighted by atomic mass is 35.5. The lowest BCUT2D eigenvalue weighted by Gasteiger charge is -2.05. The minimum atomic E-state index is -0.523. The molecule has 7 heteroatoms. The standard InChI is InChI=1S/C11H9ClN4O2/c12-9-4-10(16(17)18)11(15-7-9)14-6-8-2-1-3-13-5-8/h1-5,7H,6H2,(H,14,15). The van der Waals surface area contributed by atoms with Crippen molar-refractivity contribution in [2.75, 3.05) is 5.32 Å². The van der Waals surface area contributed by atoms with Crippen molar-refractivity contribution in [3.63, 3.8) is 0 Å². The van der Waals surface area contributed by atoms with Gasteiger partial charge in [-0.05, 0) is 11.6 Å². The summed E-state index contributed by atoms with van der Waals surface area (Å²) in [5.74, 6) is 0.188. The monoisotopic (exact) mass is 264 g/mol. The van der Waals surface area contributed by atoms with E-state index in [9.17, 15) is 10.1 Å². The molecule has 0 aromatic carbocycles. The van der Waals surface area contributed by atoms with E-state index in [1.54, 1.807) is 18.5 Å². The maximum Gasteiger partial charge on any atom is 0.312 e. The Balaban J connectivity index is 2.17. The molecule has 6 nitrogen and oxygen atoms in total. The van der Waals surface area contributed by atoms with Crippen molar-refractivity contribution in [3.05, 3.63) is 57.5 Å². The third-order valence-corrected chi connectivity index (χ3v) is 2.42. The van der Waals surface area contributed by atoms with Crippen LogP contribution in [0.15, 0.2) is 36.8 Å². The minimum absolute atomic E-state index is 0.147. The Morgan fingerprint density at radius 1 is 1.44 bits per heavy atom. The van der Waals surface area contributed by atoms with Gasteiger partial charge in [-0.1, -0.05) is 17.7 Å². The third kappa shape index (κ3) is 2.92. The van der Waals surface area contributed by atoms with Crippen LogP contribution in [-0.2, 0) is 6.54 Å². The average Bonchev–Trinajstić information content (AvgIpc) is 2.38. The van der Waals surface area contributed by atoms with Crippen LogP contribution in [0.3, 0.4) is 0 Å². The Hall–Kier alpha value is -2.21. The first-order valence-electron chi connectivity index (χ1n) is 5.09. The van der Waals surface area contributed by atoms with Gasteiger partial charge in [0, 0.05) is 31.2 Å². The molecule has 0 unspecified atom stereocenters. The van der Waals surface area contributed by atoms with Gasteiger partial charge in [-0.15, -0.1) is 0 Å². The van der Waals surface area contributed by atoms with Gasteiger partial charge >= 0.3 is 5.69 Å². The van der Waals surface area contributed by atoms with Crippen molar-refractivity contribution in [2.45, 2.75) is 6.54 Å². The quantitative estimate of drug-likeness (QED) is 0.678. The van der Waals surface area contributed by atoms with Gasteiger partial charge in [0.15, 0.2) is 0 Å². The molecule has 2 rings (SSSR count). The summed E-state index contributed by atoms with van der Waals surface area (Å²) in [5, 5.41) is 14.0. The molecule has 0 saturated carbocycles. The number of hydrogen-bond acceptors (Lipinski definition) is 5. The second kappa shape index (κ2) is 5.42. The topological polar surface area (TPSA) is 81.0 Å². The van der Waals surface area contributed by atoms with Gasteiger partial charge in [0.25, 0.3) is 0 Å². The lowest BCUT2D eigenvalue weighted by atomic mass is 10.3. The summed E-state index contributed by atoms with van der Waals surface area (Å²) >= 11 is 5.67. The van der Waals surface area contributed by atoms with Crippen LogP contribution in [0, 0.1) is 10.1 Å². The fourth-order valence-electron chi connectivity index (χ4n) is 1.39. The molecule has 2 aromatic heterocycles. The molecule has 92 valence electrons. The summed E-state index contributed by atoms with van der Waals surface area (Å²) in [4.78, 5) is 18.2. The van der Waals surface area contributed by atoms with Crippen LogP contribution in [0.4, 0.5) is 11.5 Å². The van der Waals surface area contributed by atoms with Gasteiger partial charge < -0.3 is 5.32 Å². The molecular weight excluding hydrogens is 256 g/mol. The number of hydrogen-bond donors (Lipinski definition) is 1. The molecule has 0 fully saturated rings. The first-order chi connectivity index (χ1) is 8.66. The zero-order chi connectivity index (χ0) is 13.0. The molecule has 0 aliphatic carbocycles. The largest absolute Gasteiger partial charge is 0.360 e. The van der Waals surface area contributed by atoms with Gasteiger partial charge in [-0.25, -0.2) is 4.98 Å². The van der Waals surface area contributed by atoms with Gasteiger partial charge in [-0.2, -0.15) is 0 Å². The minimum Gasteiger partial charge on any atom is -0.360 e. The summed E-state index contributed by atoms with van der Waals surface area (Å²) in [5.41, 5.74) is 0.759. The molecular formula is C11H9ClN4O2. The SMILES string of the molecule is O=[N+]([O-])c1cc(Cl)cnc1NCc1cccnc1. The van der Waals surface area contributed by atoms with Crippen LogP contribution in [0.1, 0.15) is 5.56 Å². The maximum atomic E-state index is 10.8. The maximum absolute atomic E-state index is 10.8. The molecule has 0 saturated heterocycles. The van der Waals surface area contributed by atoms with Crippen LogP contribution in [-0.4, -0.2) is 14.9 Å². The van der Waals surface area contributed by atoms with E-state index in [1.807, 2.05) is 6.07 Å². The fourth-order valence-corrected chi connectivity index (χ4v) is 1.54. The van der Waals surface area contributed by atoms with Gasteiger partial charge in [0.05, 0.1) is 9.95 Å². The number of nitro groups is 1. The smallest absolute Gasteiger partial charge is 0.312 e. The van der Waals surface area contributed by atoms with Crippen LogP contribution < -0.4 is 5.32 Å². The van der Waals surface area contributed by atoms with E-state index in [0.29, 0.717) is 6.54 Å². The Kier molecular flexibility index (Phi) is 3.69. The molecule has 0 amide bonds. The van der Waals surface area contributed by atoms with E-state index in [-0.39, 0.29) is 16.5 Å². The van der Waals surface area contributed by atoms with E-state index in [2.05, 4.69) is 15.3 Å². The van der Waals surface area contributed by atoms with E-state index < -0.39 is 4.92 Å². The average molecular weight is 265 g/mol. The molecule has 18 heavy (non-hydrogen) atoms. The Morgan fingerprint density at radius 3 is 2.94 bits per heavy atom. The molecule has 0 spiro atoms. The van der Waals surface area contributed by atoms with Crippen molar-refractivity contribution in [3.8, 4) is 0 Å². The Bertz CT molecular complexity index is 562. The highest BCUT2D eigenvalue weighted by Gasteiger charge is 2.15. The van der Waals surface area contributed by atoms with Crippen LogP contribution >= 0.6 is 11.6 Å². The highest BCUT2D eigenvalue weighted by molar-refractivity contribution is 6.30.